The molecule has 3 N–H and O–H groups in total. The van der Waals surface area contributed by atoms with Crippen molar-refractivity contribution in [3.63, 3.8) is 0 Å². The van der Waals surface area contributed by atoms with Crippen LogP contribution in [0, 0.1) is 5.92 Å². The highest BCUT2D eigenvalue weighted by atomic mass is 15.2. The standard InChI is InChI=1S/C20H31N5/c1-5-16(17-12-18(25-24-17)22-14(2)3)9-8-15(4)19-21-13-20(23-19)10-6-7-11-20/h5,9,12,14-15H,1,6-8,10-11,13H2,2-4H3,(H,21,23)(H2,22,24,25)/b16-9+. The number of rotatable bonds is 7. The molecule has 1 atom stereocenters. The van der Waals surface area contributed by atoms with E-state index in [2.05, 4.69) is 54.3 Å². The lowest BCUT2D eigenvalue weighted by Crippen LogP contribution is -2.44. The number of anilines is 1. The lowest BCUT2D eigenvalue weighted by Gasteiger charge is -2.25. The zero-order chi connectivity index (χ0) is 17.9. The summed E-state index contributed by atoms with van der Waals surface area (Å²) in [5.41, 5.74) is 2.36. The number of nitrogens with one attached hydrogen (secondary N) is 3. The second-order valence-corrected chi connectivity index (χ2v) is 7.78. The summed E-state index contributed by atoms with van der Waals surface area (Å²) in [6.07, 6.45) is 10.3. The number of hydrogen-bond donors (Lipinski definition) is 3. The Morgan fingerprint density at radius 2 is 2.12 bits per heavy atom. The molecule has 2 aliphatic rings. The van der Waals surface area contributed by atoms with Crippen molar-refractivity contribution in [1.29, 1.82) is 0 Å². The molecule has 1 aromatic heterocycles. The molecule has 5 nitrogen and oxygen atoms in total. The molecule has 1 aromatic rings. The van der Waals surface area contributed by atoms with Crippen LogP contribution < -0.4 is 10.6 Å². The summed E-state index contributed by atoms with van der Waals surface area (Å²) >= 11 is 0. The molecule has 3 rings (SSSR count). The Bertz CT molecular complexity index is 661. The van der Waals surface area contributed by atoms with Crippen molar-refractivity contribution in [3.05, 3.63) is 30.5 Å². The second-order valence-electron chi connectivity index (χ2n) is 7.78. The van der Waals surface area contributed by atoms with Gasteiger partial charge in [0.05, 0.1) is 17.8 Å². The quantitative estimate of drug-likeness (QED) is 0.653. The van der Waals surface area contributed by atoms with Gasteiger partial charge in [0.25, 0.3) is 0 Å². The Morgan fingerprint density at radius 3 is 2.80 bits per heavy atom. The molecule has 0 aromatic carbocycles. The summed E-state index contributed by atoms with van der Waals surface area (Å²) in [6.45, 7) is 11.4. The van der Waals surface area contributed by atoms with Crippen molar-refractivity contribution < 1.29 is 0 Å². The van der Waals surface area contributed by atoms with Crippen LogP contribution in [-0.2, 0) is 0 Å². The molecule has 136 valence electrons. The van der Waals surface area contributed by atoms with Gasteiger partial charge in [0.15, 0.2) is 0 Å². The van der Waals surface area contributed by atoms with Crippen LogP contribution in [0.3, 0.4) is 0 Å². The number of H-pyrrole nitrogens is 1. The molecule has 1 fully saturated rings. The van der Waals surface area contributed by atoms with E-state index in [0.29, 0.717) is 12.0 Å². The van der Waals surface area contributed by atoms with Gasteiger partial charge in [-0.15, -0.1) is 0 Å². The minimum absolute atomic E-state index is 0.273. The van der Waals surface area contributed by atoms with Gasteiger partial charge in [-0.3, -0.25) is 10.1 Å². The molecule has 25 heavy (non-hydrogen) atoms. The Kier molecular flexibility index (Phi) is 5.30. The van der Waals surface area contributed by atoms with Gasteiger partial charge in [-0.25, -0.2) is 0 Å². The fraction of sp³-hybridized carbons (Fsp3) is 0.600. The maximum Gasteiger partial charge on any atom is 0.148 e. The summed E-state index contributed by atoms with van der Waals surface area (Å²) < 4.78 is 0. The molecule has 1 saturated carbocycles. The monoisotopic (exact) mass is 341 g/mol. The van der Waals surface area contributed by atoms with Crippen LogP contribution in [0.1, 0.15) is 58.6 Å². The predicted octanol–water partition coefficient (Wildman–Crippen LogP) is 4.14. The van der Waals surface area contributed by atoms with Crippen LogP contribution in [0.4, 0.5) is 5.82 Å². The maximum atomic E-state index is 4.80. The van der Waals surface area contributed by atoms with Gasteiger partial charge in [-0.1, -0.05) is 38.5 Å². The normalized spacial score (nSPS) is 20.6. The third kappa shape index (κ3) is 4.14. The van der Waals surface area contributed by atoms with Gasteiger partial charge in [-0.2, -0.15) is 5.10 Å². The van der Waals surface area contributed by atoms with Crippen molar-refractivity contribution >= 4 is 17.2 Å². The average molecular weight is 342 g/mol. The minimum Gasteiger partial charge on any atom is -0.366 e. The molecule has 0 saturated heterocycles. The first kappa shape index (κ1) is 17.8. The average Bonchev–Trinajstić information content (AvgIpc) is 3.31. The van der Waals surface area contributed by atoms with Crippen LogP contribution in [0.25, 0.3) is 5.57 Å². The molecule has 1 unspecified atom stereocenters. The molecule has 1 spiro atoms. The molecule has 1 aliphatic carbocycles. The zero-order valence-corrected chi connectivity index (χ0v) is 15.7. The van der Waals surface area contributed by atoms with Crippen LogP contribution in [0.5, 0.6) is 0 Å². The van der Waals surface area contributed by atoms with Crippen molar-refractivity contribution in [2.45, 2.75) is 64.5 Å². The molecule has 5 heteroatoms. The minimum atomic E-state index is 0.273. The number of hydrogen-bond acceptors (Lipinski definition) is 4. The maximum absolute atomic E-state index is 4.80. The van der Waals surface area contributed by atoms with Gasteiger partial charge < -0.3 is 10.6 Å². The summed E-state index contributed by atoms with van der Waals surface area (Å²) in [6, 6.07) is 2.40. The van der Waals surface area contributed by atoms with Crippen molar-refractivity contribution in [2.24, 2.45) is 10.9 Å². The van der Waals surface area contributed by atoms with E-state index in [1.807, 2.05) is 12.1 Å². The lowest BCUT2D eigenvalue weighted by molar-refractivity contribution is 0.423. The van der Waals surface area contributed by atoms with Crippen molar-refractivity contribution in [1.82, 2.24) is 15.5 Å². The Balaban J connectivity index is 1.61. The third-order valence-corrected chi connectivity index (χ3v) is 5.21. The molecular formula is C20H31N5. The molecule has 0 radical (unpaired) electrons. The second kappa shape index (κ2) is 7.46. The Hall–Kier alpha value is -2.04. The van der Waals surface area contributed by atoms with Gasteiger partial charge in [0.2, 0.25) is 0 Å². The first-order valence-electron chi connectivity index (χ1n) is 9.49. The number of amidine groups is 1. The van der Waals surface area contributed by atoms with Crippen LogP contribution in [0.2, 0.25) is 0 Å². The summed E-state index contributed by atoms with van der Waals surface area (Å²) in [4.78, 5) is 4.80. The Morgan fingerprint density at radius 1 is 1.36 bits per heavy atom. The fourth-order valence-electron chi connectivity index (χ4n) is 3.76. The van der Waals surface area contributed by atoms with E-state index in [1.165, 1.54) is 31.5 Å². The van der Waals surface area contributed by atoms with Crippen molar-refractivity contribution in [3.8, 4) is 0 Å². The molecule has 0 amide bonds. The highest BCUT2D eigenvalue weighted by Gasteiger charge is 2.38. The fourth-order valence-corrected chi connectivity index (χ4v) is 3.76. The number of aromatic amines is 1. The number of aliphatic imine (C=N–C) groups is 1. The van der Waals surface area contributed by atoms with E-state index in [-0.39, 0.29) is 5.54 Å². The first-order valence-corrected chi connectivity index (χ1v) is 9.49. The molecular weight excluding hydrogens is 310 g/mol. The molecule has 1 aliphatic heterocycles. The highest BCUT2D eigenvalue weighted by molar-refractivity contribution is 5.87. The molecule has 2 heterocycles. The third-order valence-electron chi connectivity index (χ3n) is 5.21. The zero-order valence-electron chi connectivity index (χ0n) is 15.7. The number of allylic oxidation sites excluding steroid dienone is 3. The van der Waals surface area contributed by atoms with Crippen LogP contribution >= 0.6 is 0 Å². The van der Waals surface area contributed by atoms with Crippen molar-refractivity contribution in [2.75, 3.05) is 11.9 Å². The van der Waals surface area contributed by atoms with Gasteiger partial charge in [0.1, 0.15) is 11.7 Å². The van der Waals surface area contributed by atoms with E-state index >= 15 is 0 Å². The smallest absolute Gasteiger partial charge is 0.148 e. The summed E-state index contributed by atoms with van der Waals surface area (Å²) in [5.74, 6) is 2.44. The van der Waals surface area contributed by atoms with Gasteiger partial charge in [0, 0.05) is 18.0 Å². The van der Waals surface area contributed by atoms with Crippen LogP contribution in [0.15, 0.2) is 29.8 Å². The van der Waals surface area contributed by atoms with E-state index in [0.717, 1.165) is 30.1 Å². The lowest BCUT2D eigenvalue weighted by atomic mass is 9.98. The molecule has 0 bridgehead atoms. The van der Waals surface area contributed by atoms with Gasteiger partial charge >= 0.3 is 0 Å². The largest absolute Gasteiger partial charge is 0.366 e. The van der Waals surface area contributed by atoms with E-state index in [1.54, 1.807) is 0 Å². The summed E-state index contributed by atoms with van der Waals surface area (Å²) in [7, 11) is 0. The first-order chi connectivity index (χ1) is 12.0. The number of aromatic nitrogens is 2. The number of nitrogens with zero attached hydrogens (tertiary/aromatic N) is 2. The predicted molar refractivity (Wildman–Crippen MR) is 106 cm³/mol. The highest BCUT2D eigenvalue weighted by Crippen LogP contribution is 2.33. The van der Waals surface area contributed by atoms with E-state index in [4.69, 9.17) is 4.99 Å². The Labute approximate surface area is 151 Å². The summed E-state index contributed by atoms with van der Waals surface area (Å²) in [5, 5.41) is 14.5. The topological polar surface area (TPSA) is 65.1 Å². The van der Waals surface area contributed by atoms with E-state index < -0.39 is 0 Å². The van der Waals surface area contributed by atoms with Crippen LogP contribution in [-0.4, -0.2) is 34.2 Å². The van der Waals surface area contributed by atoms with E-state index in [9.17, 15) is 0 Å². The van der Waals surface area contributed by atoms with Gasteiger partial charge in [-0.05, 0) is 38.7 Å². The SMILES string of the molecule is C=C/C(=C\CC(C)C1=NCC2(CCCC2)N1)c1cc(NC(C)C)n[nH]1.